The molecule has 0 radical (unpaired) electrons. The first kappa shape index (κ1) is 15.6. The van der Waals surface area contributed by atoms with Gasteiger partial charge in [0.25, 0.3) is 11.5 Å². The predicted molar refractivity (Wildman–Crippen MR) is 95.6 cm³/mol. The summed E-state index contributed by atoms with van der Waals surface area (Å²) in [5.74, 6) is -0.0780. The molecular weight excluding hydrogens is 316 g/mol. The summed E-state index contributed by atoms with van der Waals surface area (Å²) in [6.07, 6.45) is 5.63. The fourth-order valence-corrected chi connectivity index (χ4v) is 3.61. The summed E-state index contributed by atoms with van der Waals surface area (Å²) in [5.41, 5.74) is 1.10. The maximum atomic E-state index is 13.1. The fraction of sp³-hybridized carbons (Fsp3) is 0.316. The number of para-hydroxylation sites is 1. The van der Waals surface area contributed by atoms with Crippen LogP contribution in [0.5, 0.6) is 0 Å². The van der Waals surface area contributed by atoms with Crippen LogP contribution in [0.1, 0.15) is 29.2 Å². The van der Waals surface area contributed by atoms with Gasteiger partial charge in [0.2, 0.25) is 0 Å². The van der Waals surface area contributed by atoms with E-state index < -0.39 is 0 Å². The maximum Gasteiger partial charge on any atom is 0.254 e. The SMILES string of the molecule is Cn1c(=O)cc(C(=O)N2CCCC(n3cccn3)C2)c2ccccc21. The van der Waals surface area contributed by atoms with Crippen LogP contribution in [0.15, 0.2) is 53.6 Å². The lowest BCUT2D eigenvalue weighted by molar-refractivity contribution is 0.0674. The second kappa shape index (κ2) is 6.20. The number of amides is 1. The molecule has 1 aromatic carbocycles. The number of rotatable bonds is 2. The molecule has 6 heteroatoms. The molecule has 25 heavy (non-hydrogen) atoms. The molecule has 1 saturated heterocycles. The van der Waals surface area contributed by atoms with Crippen LogP contribution in [0.2, 0.25) is 0 Å². The number of carbonyl (C=O) groups excluding carboxylic acids is 1. The van der Waals surface area contributed by atoms with E-state index in [-0.39, 0.29) is 17.5 Å². The van der Waals surface area contributed by atoms with Gasteiger partial charge in [0.15, 0.2) is 0 Å². The molecule has 1 atom stereocenters. The summed E-state index contributed by atoms with van der Waals surface area (Å²) in [5, 5.41) is 5.12. The van der Waals surface area contributed by atoms with E-state index in [4.69, 9.17) is 0 Å². The van der Waals surface area contributed by atoms with Crippen LogP contribution in [-0.4, -0.2) is 38.2 Å². The minimum absolute atomic E-state index is 0.0780. The highest BCUT2D eigenvalue weighted by Crippen LogP contribution is 2.24. The number of aryl methyl sites for hydroxylation is 1. The number of aromatic nitrogens is 3. The maximum absolute atomic E-state index is 13.1. The molecule has 0 N–H and O–H groups in total. The number of carbonyl (C=O) groups is 1. The summed E-state index contributed by atoms with van der Waals surface area (Å²) in [7, 11) is 1.73. The average molecular weight is 336 g/mol. The van der Waals surface area contributed by atoms with Crippen molar-refractivity contribution >= 4 is 16.8 Å². The Hall–Kier alpha value is -2.89. The molecule has 0 aliphatic carbocycles. The van der Waals surface area contributed by atoms with Gasteiger partial charge in [0.05, 0.1) is 17.1 Å². The molecule has 0 bridgehead atoms. The smallest absolute Gasteiger partial charge is 0.254 e. The van der Waals surface area contributed by atoms with E-state index in [0.29, 0.717) is 18.7 Å². The van der Waals surface area contributed by atoms with Crippen LogP contribution >= 0.6 is 0 Å². The van der Waals surface area contributed by atoms with Crippen LogP contribution in [0.3, 0.4) is 0 Å². The topological polar surface area (TPSA) is 60.1 Å². The van der Waals surface area contributed by atoms with E-state index in [9.17, 15) is 9.59 Å². The third kappa shape index (κ3) is 2.73. The number of pyridine rings is 1. The summed E-state index contributed by atoms with van der Waals surface area (Å²) in [6, 6.07) is 11.1. The molecule has 3 aromatic rings. The lowest BCUT2D eigenvalue weighted by Crippen LogP contribution is -2.41. The molecule has 128 valence electrons. The Morgan fingerprint density at radius 3 is 2.88 bits per heavy atom. The molecular formula is C19H20N4O2. The quantitative estimate of drug-likeness (QED) is 0.721. The number of nitrogens with zero attached hydrogens (tertiary/aromatic N) is 4. The third-order valence-electron chi connectivity index (χ3n) is 4.97. The summed E-state index contributed by atoms with van der Waals surface area (Å²) < 4.78 is 3.50. The Bertz CT molecular complexity index is 975. The molecule has 0 saturated carbocycles. The standard InChI is InChI=1S/C19H20N4O2/c1-21-17-8-3-2-7-15(17)16(12-18(21)24)19(25)22-10-4-6-14(13-22)23-11-5-9-20-23/h2-3,5,7-9,11-12,14H,4,6,10,13H2,1H3. The first-order chi connectivity index (χ1) is 12.1. The number of benzene rings is 1. The van der Waals surface area contributed by atoms with Crippen LogP contribution in [0.25, 0.3) is 10.9 Å². The van der Waals surface area contributed by atoms with Crippen molar-refractivity contribution in [3.8, 4) is 0 Å². The van der Waals surface area contributed by atoms with Crippen LogP contribution in [0.4, 0.5) is 0 Å². The second-order valence-electron chi connectivity index (χ2n) is 6.51. The van der Waals surface area contributed by atoms with Gasteiger partial charge in [-0.3, -0.25) is 14.3 Å². The number of hydrogen-bond donors (Lipinski definition) is 0. The van der Waals surface area contributed by atoms with Gasteiger partial charge in [-0.2, -0.15) is 5.10 Å². The van der Waals surface area contributed by atoms with Gasteiger partial charge in [-0.1, -0.05) is 18.2 Å². The Morgan fingerprint density at radius 2 is 2.08 bits per heavy atom. The van der Waals surface area contributed by atoms with Gasteiger partial charge in [-0.25, -0.2) is 0 Å². The van der Waals surface area contributed by atoms with Crippen molar-refractivity contribution in [2.75, 3.05) is 13.1 Å². The Balaban J connectivity index is 1.70. The molecule has 6 nitrogen and oxygen atoms in total. The summed E-state index contributed by atoms with van der Waals surface area (Å²) in [6.45, 7) is 1.32. The van der Waals surface area contributed by atoms with Crippen molar-refractivity contribution in [2.45, 2.75) is 18.9 Å². The molecule has 4 rings (SSSR count). The average Bonchev–Trinajstić information content (AvgIpc) is 3.19. The van der Waals surface area contributed by atoms with Gasteiger partial charge in [-0.05, 0) is 25.0 Å². The Kier molecular flexibility index (Phi) is 3.87. The van der Waals surface area contributed by atoms with E-state index in [1.54, 1.807) is 17.8 Å². The highest BCUT2D eigenvalue weighted by atomic mass is 16.2. The zero-order valence-corrected chi connectivity index (χ0v) is 14.1. The van der Waals surface area contributed by atoms with E-state index >= 15 is 0 Å². The van der Waals surface area contributed by atoms with E-state index in [2.05, 4.69) is 5.10 Å². The first-order valence-corrected chi connectivity index (χ1v) is 8.52. The van der Waals surface area contributed by atoms with Crippen LogP contribution in [0, 0.1) is 0 Å². The fourth-order valence-electron chi connectivity index (χ4n) is 3.61. The molecule has 1 fully saturated rings. The van der Waals surface area contributed by atoms with Gasteiger partial charge < -0.3 is 9.47 Å². The number of fused-ring (bicyclic) bond motifs is 1. The summed E-state index contributed by atoms with van der Waals surface area (Å²) >= 11 is 0. The first-order valence-electron chi connectivity index (χ1n) is 8.52. The lowest BCUT2D eigenvalue weighted by atomic mass is 10.0. The Morgan fingerprint density at radius 1 is 1.24 bits per heavy atom. The van der Waals surface area contributed by atoms with E-state index in [1.807, 2.05) is 46.1 Å². The zero-order chi connectivity index (χ0) is 17.4. The highest BCUT2D eigenvalue weighted by molar-refractivity contribution is 6.06. The van der Waals surface area contributed by atoms with Crippen molar-refractivity contribution in [3.05, 3.63) is 64.7 Å². The van der Waals surface area contributed by atoms with E-state index in [0.717, 1.165) is 23.7 Å². The minimum atomic E-state index is -0.164. The van der Waals surface area contributed by atoms with Crippen molar-refractivity contribution in [1.82, 2.24) is 19.2 Å². The zero-order valence-electron chi connectivity index (χ0n) is 14.1. The lowest BCUT2D eigenvalue weighted by Gasteiger charge is -2.33. The monoisotopic (exact) mass is 336 g/mol. The Labute approximate surface area is 145 Å². The number of likely N-dealkylation sites (tertiary alicyclic amines) is 1. The van der Waals surface area contributed by atoms with Gasteiger partial charge in [-0.15, -0.1) is 0 Å². The predicted octanol–water partition coefficient (Wildman–Crippen LogP) is 2.21. The molecule has 3 heterocycles. The molecule has 1 aliphatic rings. The second-order valence-corrected chi connectivity index (χ2v) is 6.51. The van der Waals surface area contributed by atoms with Crippen molar-refractivity contribution in [3.63, 3.8) is 0 Å². The third-order valence-corrected chi connectivity index (χ3v) is 4.97. The van der Waals surface area contributed by atoms with Crippen LogP contribution in [-0.2, 0) is 7.05 Å². The van der Waals surface area contributed by atoms with Gasteiger partial charge >= 0.3 is 0 Å². The molecule has 1 unspecified atom stereocenters. The molecule has 1 amide bonds. The van der Waals surface area contributed by atoms with Gasteiger partial charge in [0, 0.05) is 44.0 Å². The minimum Gasteiger partial charge on any atom is -0.336 e. The van der Waals surface area contributed by atoms with E-state index in [1.165, 1.54) is 6.07 Å². The number of piperidine rings is 1. The van der Waals surface area contributed by atoms with Crippen molar-refractivity contribution in [2.24, 2.45) is 7.05 Å². The molecule has 2 aromatic heterocycles. The molecule has 1 aliphatic heterocycles. The van der Waals surface area contributed by atoms with Crippen molar-refractivity contribution in [1.29, 1.82) is 0 Å². The van der Waals surface area contributed by atoms with Gasteiger partial charge in [0.1, 0.15) is 0 Å². The normalized spacial score (nSPS) is 17.8. The summed E-state index contributed by atoms with van der Waals surface area (Å²) in [4.78, 5) is 27.3. The van der Waals surface area contributed by atoms with Crippen molar-refractivity contribution < 1.29 is 4.79 Å². The highest BCUT2D eigenvalue weighted by Gasteiger charge is 2.27. The largest absolute Gasteiger partial charge is 0.336 e. The number of hydrogen-bond acceptors (Lipinski definition) is 3. The van der Waals surface area contributed by atoms with Crippen LogP contribution < -0.4 is 5.56 Å². The molecule has 0 spiro atoms.